The molecule has 5 nitrogen and oxygen atoms in total. The third-order valence-corrected chi connectivity index (χ3v) is 1.54. The van der Waals surface area contributed by atoms with E-state index in [0.29, 0.717) is 5.56 Å². The number of aromatic nitrogens is 2. The van der Waals surface area contributed by atoms with Crippen molar-refractivity contribution in [1.82, 2.24) is 9.78 Å². The van der Waals surface area contributed by atoms with Crippen LogP contribution in [0.4, 0.5) is 0 Å². The topological polar surface area (TPSA) is 61.2 Å². The smallest absolute Gasteiger partial charge is 0.330 e. The van der Waals surface area contributed by atoms with Crippen molar-refractivity contribution in [3.05, 3.63) is 24.0 Å². The number of esters is 1. The zero-order chi connectivity index (χ0) is 10.6. The summed E-state index contributed by atoms with van der Waals surface area (Å²) in [6, 6.07) is 0. The van der Waals surface area contributed by atoms with Crippen LogP contribution in [0.15, 0.2) is 18.5 Å². The molecule has 0 aliphatic rings. The van der Waals surface area contributed by atoms with Gasteiger partial charge in [0.1, 0.15) is 0 Å². The van der Waals surface area contributed by atoms with E-state index in [4.69, 9.17) is 0 Å². The average molecular weight is 194 g/mol. The van der Waals surface area contributed by atoms with Gasteiger partial charge in [0.05, 0.1) is 13.3 Å². The average Bonchev–Trinajstić information content (AvgIpc) is 2.62. The fourth-order valence-electron chi connectivity index (χ4n) is 0.827. The first-order valence-corrected chi connectivity index (χ1v) is 3.95. The Morgan fingerprint density at radius 2 is 2.29 bits per heavy atom. The maximum atomic E-state index is 10.8. The van der Waals surface area contributed by atoms with Crippen LogP contribution in [0.3, 0.4) is 0 Å². The Balaban J connectivity index is 2.73. The lowest BCUT2D eigenvalue weighted by molar-refractivity contribution is -0.134. The first-order chi connectivity index (χ1) is 6.63. The Morgan fingerprint density at radius 1 is 1.57 bits per heavy atom. The number of rotatable bonds is 2. The highest BCUT2D eigenvalue weighted by Crippen LogP contribution is 2.00. The maximum absolute atomic E-state index is 10.8. The van der Waals surface area contributed by atoms with E-state index in [1.54, 1.807) is 0 Å². The van der Waals surface area contributed by atoms with E-state index in [9.17, 15) is 9.59 Å². The Kier molecular flexibility index (Phi) is 3.17. The van der Waals surface area contributed by atoms with Crippen LogP contribution in [0.2, 0.25) is 0 Å². The van der Waals surface area contributed by atoms with Crippen molar-refractivity contribution < 1.29 is 14.3 Å². The van der Waals surface area contributed by atoms with Crippen LogP contribution in [-0.4, -0.2) is 28.8 Å². The van der Waals surface area contributed by atoms with Gasteiger partial charge >= 0.3 is 5.97 Å². The molecule has 0 aliphatic carbocycles. The lowest BCUT2D eigenvalue weighted by atomic mass is 10.3. The minimum Gasteiger partial charge on any atom is -0.466 e. The van der Waals surface area contributed by atoms with Gasteiger partial charge in [0.25, 0.3) is 0 Å². The number of carbonyl (C=O) groups is 2. The Labute approximate surface area is 81.0 Å². The molecule has 0 atom stereocenters. The van der Waals surface area contributed by atoms with Crippen LogP contribution in [0.25, 0.3) is 6.08 Å². The molecule has 5 heteroatoms. The first-order valence-electron chi connectivity index (χ1n) is 3.95. The predicted molar refractivity (Wildman–Crippen MR) is 49.6 cm³/mol. The summed E-state index contributed by atoms with van der Waals surface area (Å²) in [6.45, 7) is 1.40. The third-order valence-electron chi connectivity index (χ3n) is 1.54. The largest absolute Gasteiger partial charge is 0.466 e. The zero-order valence-electron chi connectivity index (χ0n) is 7.93. The van der Waals surface area contributed by atoms with E-state index >= 15 is 0 Å². The minimum absolute atomic E-state index is 0.178. The lowest BCUT2D eigenvalue weighted by Crippen LogP contribution is -2.04. The van der Waals surface area contributed by atoms with E-state index in [-0.39, 0.29) is 5.91 Å². The van der Waals surface area contributed by atoms with Gasteiger partial charge in [-0.2, -0.15) is 5.10 Å². The number of ether oxygens (including phenoxy) is 1. The zero-order valence-corrected chi connectivity index (χ0v) is 7.93. The molecule has 0 unspecified atom stereocenters. The second-order valence-electron chi connectivity index (χ2n) is 2.59. The van der Waals surface area contributed by atoms with Crippen LogP contribution >= 0.6 is 0 Å². The summed E-state index contributed by atoms with van der Waals surface area (Å²) >= 11 is 0. The Bertz CT molecular complexity index is 379. The van der Waals surface area contributed by atoms with Crippen molar-refractivity contribution in [3.8, 4) is 0 Å². The van der Waals surface area contributed by atoms with Crippen LogP contribution < -0.4 is 0 Å². The standard InChI is InChI=1S/C9H10N2O3/c1-7(12)11-6-8(5-10-11)3-4-9(13)14-2/h3-6H,1-2H3/b4-3+. The van der Waals surface area contributed by atoms with Gasteiger partial charge in [0.15, 0.2) is 0 Å². The van der Waals surface area contributed by atoms with E-state index in [1.165, 1.54) is 43.3 Å². The van der Waals surface area contributed by atoms with Crippen LogP contribution in [-0.2, 0) is 9.53 Å². The number of hydrogen-bond acceptors (Lipinski definition) is 4. The molecule has 0 amide bonds. The quantitative estimate of drug-likeness (QED) is 0.514. The minimum atomic E-state index is -0.444. The molecule has 0 radical (unpaired) electrons. The summed E-state index contributed by atoms with van der Waals surface area (Å²) < 4.78 is 5.60. The number of carbonyl (C=O) groups excluding carboxylic acids is 2. The fourth-order valence-corrected chi connectivity index (χ4v) is 0.827. The maximum Gasteiger partial charge on any atom is 0.330 e. The molecule has 0 saturated heterocycles. The molecule has 1 rings (SSSR count). The molecule has 0 aliphatic heterocycles. The molecule has 0 fully saturated rings. The summed E-state index contributed by atoms with van der Waals surface area (Å²) in [5.41, 5.74) is 0.672. The molecule has 1 aromatic heterocycles. The molecule has 0 bridgehead atoms. The normalized spacial score (nSPS) is 10.4. The molecular weight excluding hydrogens is 184 g/mol. The molecule has 0 spiro atoms. The summed E-state index contributed by atoms with van der Waals surface area (Å²) in [5, 5.41) is 3.78. The molecule has 74 valence electrons. The lowest BCUT2D eigenvalue weighted by Gasteiger charge is -1.89. The summed E-state index contributed by atoms with van der Waals surface area (Å²) in [7, 11) is 1.30. The van der Waals surface area contributed by atoms with Crippen LogP contribution in [0.5, 0.6) is 0 Å². The molecular formula is C9H10N2O3. The molecule has 0 N–H and O–H groups in total. The van der Waals surface area contributed by atoms with Crippen molar-refractivity contribution >= 4 is 18.0 Å². The van der Waals surface area contributed by atoms with Gasteiger partial charge in [-0.25, -0.2) is 9.48 Å². The summed E-state index contributed by atoms with van der Waals surface area (Å²) in [4.78, 5) is 21.6. The van der Waals surface area contributed by atoms with Crippen molar-refractivity contribution in [2.45, 2.75) is 6.92 Å². The second-order valence-corrected chi connectivity index (χ2v) is 2.59. The van der Waals surface area contributed by atoms with Gasteiger partial charge in [0.2, 0.25) is 5.91 Å². The SMILES string of the molecule is COC(=O)/C=C/c1cnn(C(C)=O)c1. The molecule has 0 aromatic carbocycles. The highest BCUT2D eigenvalue weighted by molar-refractivity contribution is 5.87. The fraction of sp³-hybridized carbons (Fsp3) is 0.222. The van der Waals surface area contributed by atoms with Gasteiger partial charge in [-0.3, -0.25) is 4.79 Å². The number of hydrogen-bond donors (Lipinski definition) is 0. The van der Waals surface area contributed by atoms with Crippen LogP contribution in [0.1, 0.15) is 17.3 Å². The Morgan fingerprint density at radius 3 is 2.79 bits per heavy atom. The van der Waals surface area contributed by atoms with Crippen molar-refractivity contribution in [2.24, 2.45) is 0 Å². The van der Waals surface area contributed by atoms with Crippen molar-refractivity contribution in [3.63, 3.8) is 0 Å². The van der Waals surface area contributed by atoms with E-state index in [1.807, 2.05) is 0 Å². The third kappa shape index (κ3) is 2.55. The van der Waals surface area contributed by atoms with Gasteiger partial charge in [-0.15, -0.1) is 0 Å². The molecule has 1 aromatic rings. The van der Waals surface area contributed by atoms with Crippen molar-refractivity contribution in [2.75, 3.05) is 7.11 Å². The van der Waals surface area contributed by atoms with Gasteiger partial charge in [-0.1, -0.05) is 0 Å². The van der Waals surface area contributed by atoms with Crippen LogP contribution in [0, 0.1) is 0 Å². The molecule has 14 heavy (non-hydrogen) atoms. The monoisotopic (exact) mass is 194 g/mol. The predicted octanol–water partition coefficient (Wildman–Crippen LogP) is 0.729. The molecule has 0 saturated carbocycles. The van der Waals surface area contributed by atoms with E-state index < -0.39 is 5.97 Å². The van der Waals surface area contributed by atoms with Gasteiger partial charge < -0.3 is 4.74 Å². The first kappa shape index (κ1) is 10.2. The summed E-state index contributed by atoms with van der Waals surface area (Å²) in [6.07, 6.45) is 5.81. The van der Waals surface area contributed by atoms with E-state index in [2.05, 4.69) is 9.84 Å². The van der Waals surface area contributed by atoms with Gasteiger partial charge in [0, 0.05) is 24.8 Å². The molecule has 1 heterocycles. The van der Waals surface area contributed by atoms with E-state index in [0.717, 1.165) is 0 Å². The summed E-state index contributed by atoms with van der Waals surface area (Å²) in [5.74, 6) is -0.622. The highest BCUT2D eigenvalue weighted by atomic mass is 16.5. The number of methoxy groups -OCH3 is 1. The number of nitrogens with zero attached hydrogens (tertiary/aromatic N) is 2. The van der Waals surface area contributed by atoms with Gasteiger partial charge in [-0.05, 0) is 6.08 Å². The van der Waals surface area contributed by atoms with Crippen molar-refractivity contribution in [1.29, 1.82) is 0 Å². The highest BCUT2D eigenvalue weighted by Gasteiger charge is 1.99. The Hall–Kier alpha value is -1.91. The second kappa shape index (κ2) is 4.36.